The summed E-state index contributed by atoms with van der Waals surface area (Å²) in [5.41, 5.74) is 0. The van der Waals surface area contributed by atoms with E-state index in [0.717, 1.165) is 25.8 Å². The number of thiophene rings is 1. The van der Waals surface area contributed by atoms with Crippen LogP contribution in [0.4, 0.5) is 0 Å². The molecule has 0 aliphatic rings. The number of rotatable bonds is 6. The highest BCUT2D eigenvalue weighted by atomic mass is 32.1. The predicted molar refractivity (Wildman–Crippen MR) is 60.6 cm³/mol. The minimum atomic E-state index is 0.173. The molecule has 0 aliphatic carbocycles. The molecule has 14 heavy (non-hydrogen) atoms. The lowest BCUT2D eigenvalue weighted by Gasteiger charge is -2.02. The maximum atomic E-state index is 11.3. The Morgan fingerprint density at radius 1 is 1.57 bits per heavy atom. The summed E-state index contributed by atoms with van der Waals surface area (Å²) < 4.78 is 0. The van der Waals surface area contributed by atoms with Crippen LogP contribution in [0.25, 0.3) is 0 Å². The molecular formula is C11H17NOS. The molecule has 0 fully saturated rings. The number of hydrogen-bond acceptors (Lipinski definition) is 2. The lowest BCUT2D eigenvalue weighted by Crippen LogP contribution is -2.24. The second-order valence-corrected chi connectivity index (χ2v) is 4.32. The quantitative estimate of drug-likeness (QED) is 0.720. The first-order chi connectivity index (χ1) is 6.83. The van der Waals surface area contributed by atoms with Gasteiger partial charge in [-0.2, -0.15) is 0 Å². The molecule has 0 unspecified atom stereocenters. The van der Waals surface area contributed by atoms with E-state index in [-0.39, 0.29) is 5.91 Å². The Morgan fingerprint density at radius 3 is 3.07 bits per heavy atom. The molecule has 0 bridgehead atoms. The first-order valence-corrected chi connectivity index (χ1v) is 6.00. The first kappa shape index (κ1) is 11.2. The van der Waals surface area contributed by atoms with E-state index in [1.807, 2.05) is 11.4 Å². The Morgan fingerprint density at radius 2 is 2.43 bits per heavy atom. The minimum absolute atomic E-state index is 0.173. The van der Waals surface area contributed by atoms with Crippen LogP contribution in [0.2, 0.25) is 0 Å². The van der Waals surface area contributed by atoms with Crippen LogP contribution >= 0.6 is 11.3 Å². The highest BCUT2D eigenvalue weighted by Gasteiger charge is 2.01. The van der Waals surface area contributed by atoms with E-state index in [1.54, 1.807) is 11.3 Å². The molecule has 2 nitrogen and oxygen atoms in total. The number of nitrogens with one attached hydrogen (secondary N) is 1. The Kier molecular flexibility index (Phi) is 5.30. The lowest BCUT2D eigenvalue weighted by molar-refractivity contribution is -0.121. The fourth-order valence-corrected chi connectivity index (χ4v) is 1.89. The van der Waals surface area contributed by atoms with Gasteiger partial charge < -0.3 is 5.32 Å². The zero-order valence-electron chi connectivity index (χ0n) is 8.58. The van der Waals surface area contributed by atoms with Gasteiger partial charge in [-0.15, -0.1) is 11.3 Å². The highest BCUT2D eigenvalue weighted by molar-refractivity contribution is 7.09. The summed E-state index contributed by atoms with van der Waals surface area (Å²) in [6, 6.07) is 4.10. The molecular weight excluding hydrogens is 194 g/mol. The third kappa shape index (κ3) is 4.42. The molecule has 78 valence electrons. The summed E-state index contributed by atoms with van der Waals surface area (Å²) >= 11 is 1.71. The molecule has 1 heterocycles. The van der Waals surface area contributed by atoms with Crippen LogP contribution < -0.4 is 5.32 Å². The van der Waals surface area contributed by atoms with Crippen LogP contribution in [0.5, 0.6) is 0 Å². The van der Waals surface area contributed by atoms with Crippen molar-refractivity contribution >= 4 is 17.2 Å². The Hall–Kier alpha value is -0.830. The van der Waals surface area contributed by atoms with Gasteiger partial charge in [0.15, 0.2) is 0 Å². The molecule has 1 N–H and O–H groups in total. The van der Waals surface area contributed by atoms with Crippen molar-refractivity contribution in [3.8, 4) is 0 Å². The second kappa shape index (κ2) is 6.60. The van der Waals surface area contributed by atoms with E-state index in [4.69, 9.17) is 0 Å². The topological polar surface area (TPSA) is 29.1 Å². The molecule has 1 aromatic rings. The van der Waals surface area contributed by atoms with E-state index in [9.17, 15) is 4.79 Å². The standard InChI is InChI=1S/C11H17NOS/c1-2-3-8-12-11(13)7-6-10-5-4-9-14-10/h4-5,9H,2-3,6-8H2,1H3,(H,12,13). The van der Waals surface area contributed by atoms with Crippen molar-refractivity contribution in [2.45, 2.75) is 32.6 Å². The molecule has 0 spiro atoms. The van der Waals surface area contributed by atoms with Gasteiger partial charge in [0, 0.05) is 17.8 Å². The third-order valence-electron chi connectivity index (χ3n) is 2.03. The second-order valence-electron chi connectivity index (χ2n) is 3.28. The monoisotopic (exact) mass is 211 g/mol. The third-order valence-corrected chi connectivity index (χ3v) is 2.97. The average Bonchev–Trinajstić information content (AvgIpc) is 2.68. The summed E-state index contributed by atoms with van der Waals surface area (Å²) in [6.07, 6.45) is 3.69. The zero-order chi connectivity index (χ0) is 10.2. The molecule has 1 amide bonds. The van der Waals surface area contributed by atoms with Crippen molar-refractivity contribution in [2.24, 2.45) is 0 Å². The SMILES string of the molecule is CCCCNC(=O)CCc1cccs1. The Bertz CT molecular complexity index is 256. The molecule has 0 atom stereocenters. The number of carbonyl (C=O) groups excluding carboxylic acids is 1. The zero-order valence-corrected chi connectivity index (χ0v) is 9.40. The maximum Gasteiger partial charge on any atom is 0.220 e. The molecule has 0 radical (unpaired) electrons. The summed E-state index contributed by atoms with van der Waals surface area (Å²) in [7, 11) is 0. The predicted octanol–water partition coefficient (Wildman–Crippen LogP) is 2.60. The Balaban J connectivity index is 2.09. The molecule has 1 aromatic heterocycles. The van der Waals surface area contributed by atoms with Crippen molar-refractivity contribution in [3.63, 3.8) is 0 Å². The van der Waals surface area contributed by atoms with E-state index in [0.29, 0.717) is 6.42 Å². The van der Waals surface area contributed by atoms with Crippen molar-refractivity contribution in [1.29, 1.82) is 0 Å². The van der Waals surface area contributed by atoms with Gasteiger partial charge in [-0.05, 0) is 24.3 Å². The van der Waals surface area contributed by atoms with Crippen molar-refractivity contribution in [1.82, 2.24) is 5.32 Å². The van der Waals surface area contributed by atoms with Crippen LogP contribution in [0.3, 0.4) is 0 Å². The van der Waals surface area contributed by atoms with Crippen LogP contribution in [0.1, 0.15) is 31.1 Å². The molecule has 1 rings (SSSR count). The fourth-order valence-electron chi connectivity index (χ4n) is 1.18. The summed E-state index contributed by atoms with van der Waals surface area (Å²) in [5, 5.41) is 4.96. The van der Waals surface area contributed by atoms with Gasteiger partial charge in [0.1, 0.15) is 0 Å². The van der Waals surface area contributed by atoms with Gasteiger partial charge >= 0.3 is 0 Å². The average molecular weight is 211 g/mol. The van der Waals surface area contributed by atoms with E-state index < -0.39 is 0 Å². The van der Waals surface area contributed by atoms with Crippen LogP contribution in [-0.2, 0) is 11.2 Å². The highest BCUT2D eigenvalue weighted by Crippen LogP contribution is 2.10. The minimum Gasteiger partial charge on any atom is -0.356 e. The lowest BCUT2D eigenvalue weighted by atomic mass is 10.2. The number of carbonyl (C=O) groups is 1. The van der Waals surface area contributed by atoms with E-state index in [1.165, 1.54) is 4.88 Å². The smallest absolute Gasteiger partial charge is 0.220 e. The fraction of sp³-hybridized carbons (Fsp3) is 0.545. The van der Waals surface area contributed by atoms with Crippen molar-refractivity contribution in [2.75, 3.05) is 6.54 Å². The molecule has 0 aromatic carbocycles. The molecule has 0 aliphatic heterocycles. The van der Waals surface area contributed by atoms with Crippen LogP contribution in [0, 0.1) is 0 Å². The molecule has 0 saturated heterocycles. The molecule has 3 heteroatoms. The van der Waals surface area contributed by atoms with E-state index >= 15 is 0 Å². The van der Waals surface area contributed by atoms with Crippen LogP contribution in [-0.4, -0.2) is 12.5 Å². The molecule has 0 saturated carbocycles. The summed E-state index contributed by atoms with van der Waals surface area (Å²) in [5.74, 6) is 0.173. The van der Waals surface area contributed by atoms with Crippen LogP contribution in [0.15, 0.2) is 17.5 Å². The summed E-state index contributed by atoms with van der Waals surface area (Å²) in [6.45, 7) is 2.94. The first-order valence-electron chi connectivity index (χ1n) is 5.12. The largest absolute Gasteiger partial charge is 0.356 e. The number of hydrogen-bond donors (Lipinski definition) is 1. The Labute approximate surface area is 89.3 Å². The van der Waals surface area contributed by atoms with Gasteiger partial charge in [0.05, 0.1) is 0 Å². The van der Waals surface area contributed by atoms with Gasteiger partial charge in [0.2, 0.25) is 5.91 Å². The number of unbranched alkanes of at least 4 members (excludes halogenated alkanes) is 1. The maximum absolute atomic E-state index is 11.3. The van der Waals surface area contributed by atoms with Gasteiger partial charge in [-0.3, -0.25) is 4.79 Å². The van der Waals surface area contributed by atoms with Gasteiger partial charge in [0.25, 0.3) is 0 Å². The number of amides is 1. The van der Waals surface area contributed by atoms with Gasteiger partial charge in [-0.25, -0.2) is 0 Å². The van der Waals surface area contributed by atoms with Crippen molar-refractivity contribution in [3.05, 3.63) is 22.4 Å². The van der Waals surface area contributed by atoms with E-state index in [2.05, 4.69) is 18.3 Å². The van der Waals surface area contributed by atoms with Gasteiger partial charge in [-0.1, -0.05) is 19.4 Å². The summed E-state index contributed by atoms with van der Waals surface area (Å²) in [4.78, 5) is 12.6. The normalized spacial score (nSPS) is 10.1. The van der Waals surface area contributed by atoms with Crippen molar-refractivity contribution < 1.29 is 4.79 Å². The number of aryl methyl sites for hydroxylation is 1.